The molecule has 0 aromatic carbocycles. The molecule has 2 fully saturated rings. The van der Waals surface area contributed by atoms with E-state index in [4.69, 9.17) is 0 Å². The number of hydrogen-bond donors (Lipinski definition) is 1. The zero-order valence-corrected chi connectivity index (χ0v) is 13.0. The largest absolute Gasteiger partial charge is 0.352 e. The molecule has 0 radical (unpaired) electrons. The van der Waals surface area contributed by atoms with Gasteiger partial charge in [0.05, 0.1) is 0 Å². The normalized spacial score (nSPS) is 30.3. The number of rotatable bonds is 5. The Labute approximate surface area is 120 Å². The Morgan fingerprint density at radius 2 is 2.11 bits per heavy atom. The monoisotopic (exact) mass is 283 g/mol. The summed E-state index contributed by atoms with van der Waals surface area (Å²) in [5.41, 5.74) is -0.199. The second kappa shape index (κ2) is 5.86. The topological polar surface area (TPSA) is 46.2 Å². The Kier molecular flexibility index (Phi) is 4.59. The van der Waals surface area contributed by atoms with Crippen LogP contribution in [-0.2, 0) is 9.59 Å². The number of carbonyl (C=O) groups excluding carboxylic acids is 2. The molecule has 2 heterocycles. The van der Waals surface area contributed by atoms with Crippen molar-refractivity contribution in [3.8, 4) is 0 Å². The number of carbonyl (C=O) groups is 2. The summed E-state index contributed by atoms with van der Waals surface area (Å²) < 4.78 is 0. The van der Waals surface area contributed by atoms with Crippen molar-refractivity contribution in [3.05, 3.63) is 0 Å². The molecule has 0 spiro atoms. The fourth-order valence-electron chi connectivity index (χ4n) is 2.94. The third-order valence-electron chi connectivity index (χ3n) is 4.23. The molecule has 19 heavy (non-hydrogen) atoms. The van der Waals surface area contributed by atoms with Crippen LogP contribution in [0.1, 0.15) is 52.9 Å². The van der Waals surface area contributed by atoms with Gasteiger partial charge in [0.25, 0.3) is 0 Å². The summed E-state index contributed by atoms with van der Waals surface area (Å²) in [5.74, 6) is 2.20. The van der Waals surface area contributed by atoms with Crippen molar-refractivity contribution < 1.29 is 9.59 Å². The van der Waals surface area contributed by atoms with E-state index in [1.165, 1.54) is 0 Å². The molecule has 1 amide bonds. The minimum absolute atomic E-state index is 0.199. The average Bonchev–Trinajstić information content (AvgIpc) is 2.82. The summed E-state index contributed by atoms with van der Waals surface area (Å²) in [7, 11) is 0. The van der Waals surface area contributed by atoms with Gasteiger partial charge in [-0.1, -0.05) is 27.2 Å². The van der Waals surface area contributed by atoms with Gasteiger partial charge in [0.1, 0.15) is 5.78 Å². The number of unbranched alkanes of at least 4 members (excludes halogenated alkanes) is 1. The van der Waals surface area contributed by atoms with Crippen molar-refractivity contribution >= 4 is 23.5 Å². The van der Waals surface area contributed by atoms with Crippen LogP contribution >= 0.6 is 11.8 Å². The van der Waals surface area contributed by atoms with Gasteiger partial charge in [-0.3, -0.25) is 9.59 Å². The SMILES string of the molecule is CC(C)(C)C(=O)CCCC[C@@H]1SC[C@@H]2NC(=O)C[C@@H]21. The van der Waals surface area contributed by atoms with E-state index >= 15 is 0 Å². The Balaban J connectivity index is 1.67. The molecule has 2 saturated heterocycles. The third-order valence-corrected chi connectivity index (χ3v) is 5.80. The van der Waals surface area contributed by atoms with Crippen LogP contribution in [0.2, 0.25) is 0 Å². The van der Waals surface area contributed by atoms with E-state index in [0.717, 1.165) is 25.0 Å². The van der Waals surface area contributed by atoms with Crippen LogP contribution < -0.4 is 5.32 Å². The maximum absolute atomic E-state index is 11.8. The second-order valence-corrected chi connectivity index (χ2v) is 8.10. The molecule has 0 aromatic heterocycles. The smallest absolute Gasteiger partial charge is 0.220 e. The quantitative estimate of drug-likeness (QED) is 0.789. The zero-order valence-electron chi connectivity index (χ0n) is 12.2. The fourth-order valence-corrected chi connectivity index (χ4v) is 4.59. The first kappa shape index (κ1) is 14.9. The number of hydrogen-bond acceptors (Lipinski definition) is 3. The second-order valence-electron chi connectivity index (χ2n) is 6.83. The first-order valence-corrected chi connectivity index (χ1v) is 8.37. The van der Waals surface area contributed by atoms with Gasteiger partial charge in [-0.25, -0.2) is 0 Å². The van der Waals surface area contributed by atoms with E-state index in [9.17, 15) is 9.59 Å². The number of ketones is 1. The number of thioether (sulfide) groups is 1. The highest BCUT2D eigenvalue weighted by molar-refractivity contribution is 8.00. The van der Waals surface area contributed by atoms with E-state index in [0.29, 0.717) is 35.8 Å². The lowest BCUT2D eigenvalue weighted by molar-refractivity contribution is -0.126. The van der Waals surface area contributed by atoms with E-state index < -0.39 is 0 Å². The van der Waals surface area contributed by atoms with Crippen molar-refractivity contribution in [1.82, 2.24) is 5.32 Å². The highest BCUT2D eigenvalue weighted by Crippen LogP contribution is 2.40. The van der Waals surface area contributed by atoms with Crippen LogP contribution in [0.15, 0.2) is 0 Å². The number of amides is 1. The average molecular weight is 283 g/mol. The van der Waals surface area contributed by atoms with Crippen LogP contribution in [0, 0.1) is 11.3 Å². The van der Waals surface area contributed by atoms with Gasteiger partial charge in [0, 0.05) is 41.2 Å². The molecule has 1 N–H and O–H groups in total. The summed E-state index contributed by atoms with van der Waals surface area (Å²) in [6, 6.07) is 0.415. The first-order valence-electron chi connectivity index (χ1n) is 7.32. The van der Waals surface area contributed by atoms with Crippen molar-refractivity contribution in [2.24, 2.45) is 11.3 Å². The van der Waals surface area contributed by atoms with Gasteiger partial charge in [-0.2, -0.15) is 11.8 Å². The minimum atomic E-state index is -0.199. The van der Waals surface area contributed by atoms with Gasteiger partial charge >= 0.3 is 0 Å². The lowest BCUT2D eigenvalue weighted by Crippen LogP contribution is -2.29. The Morgan fingerprint density at radius 3 is 2.79 bits per heavy atom. The lowest BCUT2D eigenvalue weighted by Gasteiger charge is -2.18. The maximum Gasteiger partial charge on any atom is 0.220 e. The molecule has 3 nitrogen and oxygen atoms in total. The standard InChI is InChI=1S/C15H25NO2S/c1-15(2,3)13(17)7-5-4-6-12-10-8-14(18)16-11(10)9-19-12/h10-12H,4-9H2,1-3H3,(H,16,18)/t10-,11-,12-/m0/s1. The molecule has 0 saturated carbocycles. The molecule has 0 unspecified atom stereocenters. The number of nitrogens with one attached hydrogen (secondary N) is 1. The van der Waals surface area contributed by atoms with Gasteiger partial charge in [0.15, 0.2) is 0 Å². The van der Waals surface area contributed by atoms with Crippen molar-refractivity contribution in [2.75, 3.05) is 5.75 Å². The predicted octanol–water partition coefficient (Wildman–Crippen LogP) is 2.78. The van der Waals surface area contributed by atoms with E-state index in [-0.39, 0.29) is 11.3 Å². The van der Waals surface area contributed by atoms with Gasteiger partial charge in [0.2, 0.25) is 5.91 Å². The number of fused-ring (bicyclic) bond motifs is 1. The maximum atomic E-state index is 11.8. The van der Waals surface area contributed by atoms with Crippen LogP contribution in [0.4, 0.5) is 0 Å². The van der Waals surface area contributed by atoms with Crippen LogP contribution in [0.5, 0.6) is 0 Å². The minimum Gasteiger partial charge on any atom is -0.352 e. The lowest BCUT2D eigenvalue weighted by atomic mass is 9.87. The van der Waals surface area contributed by atoms with E-state index in [2.05, 4.69) is 5.32 Å². The summed E-state index contributed by atoms with van der Waals surface area (Å²) in [4.78, 5) is 23.2. The molecule has 0 bridgehead atoms. The van der Waals surface area contributed by atoms with E-state index in [1.54, 1.807) is 0 Å². The highest BCUT2D eigenvalue weighted by atomic mass is 32.2. The molecule has 0 aliphatic carbocycles. The molecule has 108 valence electrons. The van der Waals surface area contributed by atoms with Crippen molar-refractivity contribution in [1.29, 1.82) is 0 Å². The molecule has 3 atom stereocenters. The molecular formula is C15H25NO2S. The molecule has 2 aliphatic rings. The fraction of sp³-hybridized carbons (Fsp3) is 0.867. The highest BCUT2D eigenvalue weighted by Gasteiger charge is 2.42. The van der Waals surface area contributed by atoms with Gasteiger partial charge in [-0.15, -0.1) is 0 Å². The molecule has 2 aliphatic heterocycles. The van der Waals surface area contributed by atoms with E-state index in [1.807, 2.05) is 32.5 Å². The molecule has 4 heteroatoms. The Morgan fingerprint density at radius 1 is 1.37 bits per heavy atom. The molecule has 2 rings (SSSR count). The van der Waals surface area contributed by atoms with Gasteiger partial charge in [-0.05, 0) is 12.8 Å². The summed E-state index contributed by atoms with van der Waals surface area (Å²) in [6.07, 6.45) is 4.66. The van der Waals surface area contributed by atoms with Crippen molar-refractivity contribution in [2.45, 2.75) is 64.2 Å². The van der Waals surface area contributed by atoms with Gasteiger partial charge < -0.3 is 5.32 Å². The van der Waals surface area contributed by atoms with Crippen molar-refractivity contribution in [3.63, 3.8) is 0 Å². The Bertz CT molecular complexity index is 362. The summed E-state index contributed by atoms with van der Waals surface area (Å²) in [6.45, 7) is 5.97. The third kappa shape index (κ3) is 3.74. The Hall–Kier alpha value is -0.510. The summed E-state index contributed by atoms with van der Waals surface area (Å²) in [5, 5.41) is 3.68. The number of Topliss-reactive ketones (excluding diaryl/α,β-unsaturated/α-hetero) is 1. The summed E-state index contributed by atoms with van der Waals surface area (Å²) >= 11 is 2.00. The van der Waals surface area contributed by atoms with Crippen LogP contribution in [0.25, 0.3) is 0 Å². The molecular weight excluding hydrogens is 258 g/mol. The zero-order chi connectivity index (χ0) is 14.0. The predicted molar refractivity (Wildman–Crippen MR) is 79.2 cm³/mol. The van der Waals surface area contributed by atoms with Crippen LogP contribution in [-0.4, -0.2) is 28.7 Å². The molecule has 0 aromatic rings. The van der Waals surface area contributed by atoms with Crippen LogP contribution in [0.3, 0.4) is 0 Å². The first-order chi connectivity index (χ1) is 8.88.